The third-order valence-electron chi connectivity index (χ3n) is 4.06. The molecule has 0 saturated carbocycles. The second-order valence-corrected chi connectivity index (χ2v) is 6.77. The number of nitrogens with zero attached hydrogens (tertiary/aromatic N) is 1. The van der Waals surface area contributed by atoms with Crippen molar-refractivity contribution < 1.29 is 14.7 Å². The first kappa shape index (κ1) is 18.7. The van der Waals surface area contributed by atoms with Crippen molar-refractivity contribution in [1.82, 2.24) is 15.5 Å². The van der Waals surface area contributed by atoms with Crippen LogP contribution in [-0.4, -0.2) is 53.7 Å². The van der Waals surface area contributed by atoms with Crippen LogP contribution in [0.1, 0.15) is 58.8 Å². The van der Waals surface area contributed by atoms with Crippen LogP contribution < -0.4 is 10.6 Å². The standard InChI is InChI=1S/C16H31N3O3/c1-16(2,9-13-19-11-5-3-4-6-12-19)18-15(22)17-10-7-8-14(20)21/h3-13H2,1-2H3,(H,20,21)(H2,17,18,22). The number of carbonyl (C=O) groups is 2. The highest BCUT2D eigenvalue weighted by atomic mass is 16.4. The second kappa shape index (κ2) is 9.66. The van der Waals surface area contributed by atoms with Crippen LogP contribution in [0.3, 0.4) is 0 Å². The summed E-state index contributed by atoms with van der Waals surface area (Å²) < 4.78 is 0. The van der Waals surface area contributed by atoms with Gasteiger partial charge in [0.1, 0.15) is 0 Å². The summed E-state index contributed by atoms with van der Waals surface area (Å²) in [6.45, 7) is 7.78. The summed E-state index contributed by atoms with van der Waals surface area (Å²) in [7, 11) is 0. The highest BCUT2D eigenvalue weighted by Crippen LogP contribution is 2.14. The summed E-state index contributed by atoms with van der Waals surface area (Å²) in [5, 5.41) is 14.2. The van der Waals surface area contributed by atoms with Crippen molar-refractivity contribution in [3.05, 3.63) is 0 Å². The van der Waals surface area contributed by atoms with Crippen LogP contribution in [0.5, 0.6) is 0 Å². The van der Waals surface area contributed by atoms with Crippen LogP contribution >= 0.6 is 0 Å². The van der Waals surface area contributed by atoms with Crippen molar-refractivity contribution in [2.75, 3.05) is 26.2 Å². The lowest BCUT2D eigenvalue weighted by Crippen LogP contribution is -2.50. The summed E-state index contributed by atoms with van der Waals surface area (Å²) >= 11 is 0. The summed E-state index contributed by atoms with van der Waals surface area (Å²) in [5.74, 6) is -0.833. The lowest BCUT2D eigenvalue weighted by atomic mass is 10.0. The first-order chi connectivity index (χ1) is 10.4. The average Bonchev–Trinajstić information content (AvgIpc) is 2.69. The number of carboxylic acid groups (broad SMARTS) is 1. The minimum atomic E-state index is -0.833. The lowest BCUT2D eigenvalue weighted by Gasteiger charge is -2.30. The van der Waals surface area contributed by atoms with E-state index in [1.165, 1.54) is 25.7 Å². The van der Waals surface area contributed by atoms with Crippen molar-refractivity contribution in [1.29, 1.82) is 0 Å². The maximum absolute atomic E-state index is 11.8. The van der Waals surface area contributed by atoms with E-state index in [2.05, 4.69) is 15.5 Å². The molecule has 6 heteroatoms. The van der Waals surface area contributed by atoms with Crippen molar-refractivity contribution >= 4 is 12.0 Å². The molecule has 0 radical (unpaired) electrons. The number of urea groups is 1. The summed E-state index contributed by atoms with van der Waals surface area (Å²) in [4.78, 5) is 24.7. The van der Waals surface area contributed by atoms with E-state index in [9.17, 15) is 9.59 Å². The molecule has 1 aliphatic rings. The number of aliphatic carboxylic acids is 1. The fraction of sp³-hybridized carbons (Fsp3) is 0.875. The van der Waals surface area contributed by atoms with Gasteiger partial charge in [-0.25, -0.2) is 4.79 Å². The van der Waals surface area contributed by atoms with Crippen molar-refractivity contribution in [2.45, 2.75) is 64.3 Å². The van der Waals surface area contributed by atoms with Crippen molar-refractivity contribution in [3.8, 4) is 0 Å². The second-order valence-electron chi connectivity index (χ2n) is 6.77. The van der Waals surface area contributed by atoms with Gasteiger partial charge in [0.2, 0.25) is 0 Å². The highest BCUT2D eigenvalue weighted by molar-refractivity contribution is 5.74. The Hall–Kier alpha value is -1.30. The first-order valence-corrected chi connectivity index (χ1v) is 8.39. The highest BCUT2D eigenvalue weighted by Gasteiger charge is 2.21. The molecule has 1 aliphatic heterocycles. The van der Waals surface area contributed by atoms with Gasteiger partial charge >= 0.3 is 12.0 Å². The molecular formula is C16H31N3O3. The van der Waals surface area contributed by atoms with Crippen LogP contribution in [0.4, 0.5) is 4.79 Å². The molecular weight excluding hydrogens is 282 g/mol. The molecule has 1 fully saturated rings. The molecule has 0 spiro atoms. The number of carboxylic acids is 1. The van der Waals surface area contributed by atoms with E-state index in [1.807, 2.05) is 13.8 Å². The van der Waals surface area contributed by atoms with Gasteiger partial charge in [-0.3, -0.25) is 4.79 Å². The van der Waals surface area contributed by atoms with Crippen LogP contribution in [0.15, 0.2) is 0 Å². The van der Waals surface area contributed by atoms with Gasteiger partial charge in [-0.1, -0.05) is 12.8 Å². The molecule has 0 bridgehead atoms. The number of likely N-dealkylation sites (tertiary alicyclic amines) is 1. The zero-order valence-corrected chi connectivity index (χ0v) is 14.0. The van der Waals surface area contributed by atoms with Gasteiger partial charge < -0.3 is 20.6 Å². The molecule has 1 saturated heterocycles. The fourth-order valence-corrected chi connectivity index (χ4v) is 2.65. The van der Waals surface area contributed by atoms with Gasteiger partial charge in [0.15, 0.2) is 0 Å². The molecule has 1 rings (SSSR count). The van der Waals surface area contributed by atoms with Gasteiger partial charge in [0, 0.05) is 25.0 Å². The Labute approximate surface area is 133 Å². The maximum Gasteiger partial charge on any atom is 0.315 e. The minimum Gasteiger partial charge on any atom is -0.481 e. The number of rotatable bonds is 8. The van der Waals surface area contributed by atoms with Crippen molar-refractivity contribution in [3.63, 3.8) is 0 Å². The first-order valence-electron chi connectivity index (χ1n) is 8.39. The Morgan fingerprint density at radius 2 is 1.77 bits per heavy atom. The van der Waals surface area contributed by atoms with E-state index in [0.29, 0.717) is 13.0 Å². The maximum atomic E-state index is 11.8. The van der Waals surface area contributed by atoms with E-state index in [1.54, 1.807) is 0 Å². The van der Waals surface area contributed by atoms with Gasteiger partial charge in [-0.2, -0.15) is 0 Å². The van der Waals surface area contributed by atoms with Gasteiger partial charge in [-0.15, -0.1) is 0 Å². The Morgan fingerprint density at radius 3 is 2.36 bits per heavy atom. The molecule has 0 atom stereocenters. The number of nitrogens with one attached hydrogen (secondary N) is 2. The minimum absolute atomic E-state index is 0.0820. The monoisotopic (exact) mass is 313 g/mol. The van der Waals surface area contributed by atoms with Gasteiger partial charge in [-0.05, 0) is 52.6 Å². The predicted molar refractivity (Wildman–Crippen MR) is 87.0 cm³/mol. The molecule has 2 amide bonds. The largest absolute Gasteiger partial charge is 0.481 e. The van der Waals surface area contributed by atoms with Gasteiger partial charge in [0.05, 0.1) is 0 Å². The van der Waals surface area contributed by atoms with Crippen molar-refractivity contribution in [2.24, 2.45) is 0 Å². The Kier molecular flexibility index (Phi) is 8.24. The van der Waals surface area contributed by atoms with E-state index < -0.39 is 5.97 Å². The SMILES string of the molecule is CC(C)(CCN1CCCCCC1)NC(=O)NCCCC(=O)O. The molecule has 1 heterocycles. The van der Waals surface area contributed by atoms with Crippen LogP contribution in [-0.2, 0) is 4.79 Å². The third-order valence-corrected chi connectivity index (χ3v) is 4.06. The van der Waals surface area contributed by atoms with E-state index in [0.717, 1.165) is 26.1 Å². The number of hydrogen-bond acceptors (Lipinski definition) is 3. The summed E-state index contributed by atoms with van der Waals surface area (Å²) in [5.41, 5.74) is -0.261. The average molecular weight is 313 g/mol. The molecule has 0 aromatic rings. The normalized spacial score (nSPS) is 16.8. The fourth-order valence-electron chi connectivity index (χ4n) is 2.65. The van der Waals surface area contributed by atoms with Crippen LogP contribution in [0.2, 0.25) is 0 Å². The number of amides is 2. The summed E-state index contributed by atoms with van der Waals surface area (Å²) in [6, 6.07) is -0.216. The zero-order chi connectivity index (χ0) is 16.4. The Balaban J connectivity index is 2.20. The molecule has 128 valence electrons. The topological polar surface area (TPSA) is 81.7 Å². The molecule has 3 N–H and O–H groups in total. The molecule has 0 unspecified atom stereocenters. The quantitative estimate of drug-likeness (QED) is 0.600. The molecule has 6 nitrogen and oxygen atoms in total. The summed E-state index contributed by atoms with van der Waals surface area (Å²) in [6.07, 6.45) is 6.66. The van der Waals surface area contributed by atoms with Gasteiger partial charge in [0.25, 0.3) is 0 Å². The van der Waals surface area contributed by atoms with E-state index in [-0.39, 0.29) is 18.0 Å². The molecule has 22 heavy (non-hydrogen) atoms. The molecule has 0 aromatic carbocycles. The number of carbonyl (C=O) groups excluding carboxylic acids is 1. The molecule has 0 aliphatic carbocycles. The Morgan fingerprint density at radius 1 is 1.14 bits per heavy atom. The van der Waals surface area contributed by atoms with E-state index in [4.69, 9.17) is 5.11 Å². The third kappa shape index (κ3) is 8.87. The molecule has 0 aromatic heterocycles. The van der Waals surface area contributed by atoms with E-state index >= 15 is 0 Å². The number of hydrogen-bond donors (Lipinski definition) is 3. The Bertz CT molecular complexity index is 351. The zero-order valence-electron chi connectivity index (χ0n) is 14.0. The van der Waals surface area contributed by atoms with Crippen LogP contribution in [0.25, 0.3) is 0 Å². The van der Waals surface area contributed by atoms with Crippen LogP contribution in [0, 0.1) is 0 Å². The smallest absolute Gasteiger partial charge is 0.315 e. The predicted octanol–water partition coefficient (Wildman–Crippen LogP) is 2.20. The lowest BCUT2D eigenvalue weighted by molar-refractivity contribution is -0.137.